The van der Waals surface area contributed by atoms with Crippen LogP contribution in [0.3, 0.4) is 0 Å². The largest absolute Gasteiger partial charge is 0.378 e. The van der Waals surface area contributed by atoms with Crippen LogP contribution in [0, 0.1) is 46.3 Å². The molecule has 0 saturated heterocycles. The van der Waals surface area contributed by atoms with Gasteiger partial charge in [-0.25, -0.2) is 4.79 Å². The Kier molecular flexibility index (Phi) is 31.2. The molecule has 3 amide bonds. The first-order valence-electron chi connectivity index (χ1n) is 29.9. The summed E-state index contributed by atoms with van der Waals surface area (Å²) in [5.74, 6) is 3.25. The molecule has 0 spiro atoms. The van der Waals surface area contributed by atoms with E-state index in [9.17, 15) is 9.59 Å². The molecule has 428 valence electrons. The maximum absolute atomic E-state index is 13.8. The Hall–Kier alpha value is -1.11. The van der Waals surface area contributed by atoms with Crippen LogP contribution in [-0.2, 0) is 33.2 Å². The first kappa shape index (κ1) is 64.4. The zero-order chi connectivity index (χ0) is 53.0. The molecular weight excluding hydrogens is 960 g/mol. The van der Waals surface area contributed by atoms with E-state index in [0.29, 0.717) is 127 Å². The number of hydrogen-bond acceptors (Lipinski definition) is 11. The van der Waals surface area contributed by atoms with Gasteiger partial charge in [-0.3, -0.25) is 4.79 Å². The third-order valence-corrected chi connectivity index (χ3v) is 20.0. The number of carbonyl (C=O) groups is 2. The Morgan fingerprint density at radius 1 is 0.685 bits per heavy atom. The van der Waals surface area contributed by atoms with Gasteiger partial charge in [0.15, 0.2) is 0 Å². The fraction of sp³-hybridized carbons (Fsp3) is 0.965. The summed E-state index contributed by atoms with van der Waals surface area (Å²) in [7, 11) is -1.56. The molecule has 0 bridgehead atoms. The highest BCUT2D eigenvalue weighted by atomic mass is 35.6. The van der Waals surface area contributed by atoms with Gasteiger partial charge < -0.3 is 61.2 Å². The molecule has 0 radical (unpaired) electrons. The number of halogens is 1. The minimum atomic E-state index is -1.56. The third-order valence-electron chi connectivity index (χ3n) is 17.9. The molecular formula is C57H111ClN6O8Si. The Morgan fingerprint density at radius 2 is 1.30 bits per heavy atom. The summed E-state index contributed by atoms with van der Waals surface area (Å²) in [4.78, 5) is 27.9. The number of unbranched alkanes of at least 4 members (excludes halogenated alkanes) is 6. The summed E-state index contributed by atoms with van der Waals surface area (Å²) in [6, 6.07) is 1.04. The van der Waals surface area contributed by atoms with Gasteiger partial charge in [0.1, 0.15) is 7.38 Å². The summed E-state index contributed by atoms with van der Waals surface area (Å²) in [6.45, 7) is 23.6. The van der Waals surface area contributed by atoms with Crippen molar-refractivity contribution in [3.63, 3.8) is 0 Å². The molecule has 4 fully saturated rings. The van der Waals surface area contributed by atoms with E-state index < -0.39 is 7.38 Å². The van der Waals surface area contributed by atoms with E-state index >= 15 is 0 Å². The van der Waals surface area contributed by atoms with E-state index in [4.69, 9.17) is 56.7 Å². The van der Waals surface area contributed by atoms with E-state index in [1.54, 1.807) is 0 Å². The van der Waals surface area contributed by atoms with Crippen LogP contribution in [0.15, 0.2) is 0 Å². The van der Waals surface area contributed by atoms with Crippen LogP contribution in [0.4, 0.5) is 4.79 Å². The number of fused-ring (bicyclic) bond motifs is 5. The number of rotatable bonds is 41. The van der Waals surface area contributed by atoms with Crippen molar-refractivity contribution in [1.82, 2.24) is 15.5 Å². The topological polar surface area (TPSA) is 195 Å². The van der Waals surface area contributed by atoms with Crippen molar-refractivity contribution >= 4 is 30.4 Å². The van der Waals surface area contributed by atoms with E-state index in [2.05, 4.69) is 56.3 Å². The quantitative estimate of drug-likeness (QED) is 0.0222. The van der Waals surface area contributed by atoms with Gasteiger partial charge in [-0.15, -0.1) is 0 Å². The highest BCUT2D eigenvalue weighted by Gasteiger charge is 2.66. The fourth-order valence-electron chi connectivity index (χ4n) is 13.9. The Labute approximate surface area is 450 Å². The summed E-state index contributed by atoms with van der Waals surface area (Å²) >= 11 is 6.37. The highest BCUT2D eigenvalue weighted by molar-refractivity contribution is 7.19. The first-order chi connectivity index (χ1) is 35.2. The molecule has 0 heterocycles. The van der Waals surface area contributed by atoms with Crippen molar-refractivity contribution in [3.05, 3.63) is 0 Å². The number of nitrogens with zero attached hydrogens (tertiary/aromatic N) is 1. The molecule has 73 heavy (non-hydrogen) atoms. The molecule has 4 aliphatic carbocycles. The standard InChI is InChI=1S/C57H111ClN6O8Si/c1-7-8-9-10-11-13-30-64(55(66)63-29-36-68-38-40-69-39-37-67-35-28-62-53(65)20-12-14-41-73(5,6)58)31-15-19-45(2)48-21-22-49-54-50(44-52(57(48,49)4)72-34-18-27-61)56(3)24-23-47(70-32-16-25-59)42-46(56)43-51(54)71-33-17-26-60/h45-52,54H,7-44,59-61H2,1-6H3,(H,62,65)(H,63,66)/t45-,46?,47-,48-,49+,50+,51-,52+,54?,56+,57?/m1/s1. The summed E-state index contributed by atoms with van der Waals surface area (Å²) in [5.41, 5.74) is 18.2. The Bertz CT molecular complexity index is 1490. The molecule has 4 saturated carbocycles. The number of amides is 3. The smallest absolute Gasteiger partial charge is 0.317 e. The second-order valence-electron chi connectivity index (χ2n) is 23.7. The molecule has 0 aromatic heterocycles. The van der Waals surface area contributed by atoms with E-state index in [1.165, 1.54) is 44.9 Å². The SMILES string of the molecule is CCCCCCCCN(CCC[C@@H](C)[C@H]1CC[C@H]2C3[C@H](OCCCN)CC4C[C@H](OCCCN)CC[C@]4(C)[C@H]3C[C@H](OCCCN)C12C)C(=O)NCCOCCOCCOCCNC(=O)CCCC[Si](C)(C)Cl. The van der Waals surface area contributed by atoms with Gasteiger partial charge in [-0.1, -0.05) is 79.3 Å². The summed E-state index contributed by atoms with van der Waals surface area (Å²) < 4.78 is 37.7. The molecule has 11 atom stereocenters. The minimum Gasteiger partial charge on any atom is -0.378 e. The molecule has 4 rings (SSSR count). The van der Waals surface area contributed by atoms with Crippen molar-refractivity contribution in [2.45, 2.75) is 200 Å². The lowest BCUT2D eigenvalue weighted by Gasteiger charge is -2.65. The van der Waals surface area contributed by atoms with Crippen LogP contribution in [0.5, 0.6) is 0 Å². The van der Waals surface area contributed by atoms with Gasteiger partial charge in [0.2, 0.25) is 5.91 Å². The number of nitrogens with one attached hydrogen (secondary N) is 2. The minimum absolute atomic E-state index is 0.00628. The Balaban J connectivity index is 1.27. The lowest BCUT2D eigenvalue weighted by Crippen LogP contribution is -2.63. The van der Waals surface area contributed by atoms with E-state index in [-0.39, 0.29) is 35.0 Å². The molecule has 0 aromatic rings. The van der Waals surface area contributed by atoms with Crippen LogP contribution in [0.1, 0.15) is 163 Å². The number of nitrogens with two attached hydrogens (primary N) is 3. The van der Waals surface area contributed by atoms with Crippen LogP contribution < -0.4 is 27.8 Å². The zero-order valence-electron chi connectivity index (χ0n) is 47.4. The number of urea groups is 1. The third kappa shape index (κ3) is 21.6. The highest BCUT2D eigenvalue weighted by Crippen LogP contribution is 2.69. The zero-order valence-corrected chi connectivity index (χ0v) is 49.1. The van der Waals surface area contributed by atoms with Gasteiger partial charge in [-0.05, 0) is 156 Å². The average Bonchev–Trinajstić information content (AvgIpc) is 3.72. The number of ether oxygens (including phenoxy) is 6. The van der Waals surface area contributed by atoms with Crippen molar-refractivity contribution in [2.75, 3.05) is 105 Å². The predicted octanol–water partition coefficient (Wildman–Crippen LogP) is 9.64. The number of hydrogen-bond donors (Lipinski definition) is 5. The van der Waals surface area contributed by atoms with Crippen LogP contribution >= 0.6 is 11.1 Å². The van der Waals surface area contributed by atoms with Crippen molar-refractivity contribution in [2.24, 2.45) is 63.5 Å². The molecule has 3 unspecified atom stereocenters. The molecule has 0 aromatic carbocycles. The maximum Gasteiger partial charge on any atom is 0.317 e. The average molecular weight is 1070 g/mol. The van der Waals surface area contributed by atoms with Gasteiger partial charge in [0.25, 0.3) is 0 Å². The molecule has 8 N–H and O–H groups in total. The summed E-state index contributed by atoms with van der Waals surface area (Å²) in [5, 5.41) is 6.08. The Morgan fingerprint density at radius 3 is 1.97 bits per heavy atom. The predicted molar refractivity (Wildman–Crippen MR) is 300 cm³/mol. The van der Waals surface area contributed by atoms with Gasteiger partial charge in [0, 0.05) is 57.8 Å². The molecule has 4 aliphatic rings. The normalized spacial score (nSPS) is 28.3. The fourth-order valence-corrected chi connectivity index (χ4v) is 15.4. The second kappa shape index (κ2) is 35.4. The van der Waals surface area contributed by atoms with Crippen molar-refractivity contribution < 1.29 is 38.0 Å². The first-order valence-corrected chi connectivity index (χ1v) is 34.1. The second-order valence-corrected chi connectivity index (χ2v) is 30.7. The van der Waals surface area contributed by atoms with Crippen molar-refractivity contribution in [1.29, 1.82) is 0 Å². The maximum atomic E-state index is 13.8. The molecule has 0 aliphatic heterocycles. The van der Waals surface area contributed by atoms with Crippen LogP contribution in [-0.4, -0.2) is 148 Å². The van der Waals surface area contributed by atoms with Gasteiger partial charge in [0.05, 0.1) is 58.0 Å². The lowest BCUT2D eigenvalue weighted by molar-refractivity contribution is -0.227. The van der Waals surface area contributed by atoms with Gasteiger partial charge >= 0.3 is 6.03 Å². The van der Waals surface area contributed by atoms with Gasteiger partial charge in [-0.2, -0.15) is 11.1 Å². The number of carbonyl (C=O) groups excluding carboxylic acids is 2. The van der Waals surface area contributed by atoms with Crippen LogP contribution in [0.25, 0.3) is 0 Å². The molecule has 16 heteroatoms. The summed E-state index contributed by atoms with van der Waals surface area (Å²) in [6.07, 6.45) is 23.1. The van der Waals surface area contributed by atoms with Crippen molar-refractivity contribution in [3.8, 4) is 0 Å². The monoisotopic (exact) mass is 1070 g/mol. The van der Waals surface area contributed by atoms with Crippen LogP contribution in [0.2, 0.25) is 19.1 Å². The van der Waals surface area contributed by atoms with E-state index in [1.807, 2.05) is 0 Å². The molecule has 14 nitrogen and oxygen atoms in total. The van der Waals surface area contributed by atoms with E-state index in [0.717, 1.165) is 116 Å². The lowest BCUT2D eigenvalue weighted by atomic mass is 9.43.